The number of carbonyl (C=O) groups excluding carboxylic acids is 2. The highest BCUT2D eigenvalue weighted by atomic mass is 16.5. The van der Waals surface area contributed by atoms with Crippen molar-refractivity contribution in [3.05, 3.63) is 71.9 Å². The zero-order valence-corrected chi connectivity index (χ0v) is 21.6. The monoisotopic (exact) mass is 499 g/mol. The summed E-state index contributed by atoms with van der Waals surface area (Å²) in [6.07, 6.45) is 2.12. The molecule has 192 valence electrons. The van der Waals surface area contributed by atoms with E-state index < -0.39 is 5.60 Å². The molecule has 2 N–H and O–H groups in total. The van der Waals surface area contributed by atoms with Crippen LogP contribution in [0.4, 0.5) is 11.4 Å². The highest BCUT2D eigenvalue weighted by molar-refractivity contribution is 5.89. The Kier molecular flexibility index (Phi) is 6.84. The Bertz CT molecular complexity index is 1280. The van der Waals surface area contributed by atoms with Crippen molar-refractivity contribution in [3.63, 3.8) is 0 Å². The second-order valence-corrected chi connectivity index (χ2v) is 10.0. The molecule has 0 aliphatic carbocycles. The van der Waals surface area contributed by atoms with Gasteiger partial charge in [-0.3, -0.25) is 9.59 Å². The molecule has 0 radical (unpaired) electrons. The number of aromatic nitrogens is 1. The van der Waals surface area contributed by atoms with Crippen LogP contribution in [0.3, 0.4) is 0 Å². The van der Waals surface area contributed by atoms with Gasteiger partial charge in [0.2, 0.25) is 11.8 Å². The minimum absolute atomic E-state index is 0.112. The van der Waals surface area contributed by atoms with Crippen molar-refractivity contribution < 1.29 is 14.3 Å². The quantitative estimate of drug-likeness (QED) is 0.540. The normalized spacial score (nSPS) is 19.2. The van der Waals surface area contributed by atoms with Crippen LogP contribution >= 0.6 is 0 Å². The summed E-state index contributed by atoms with van der Waals surface area (Å²) in [4.78, 5) is 33.7. The van der Waals surface area contributed by atoms with Gasteiger partial charge in [0.25, 0.3) is 5.91 Å². The highest BCUT2D eigenvalue weighted by Crippen LogP contribution is 2.39. The number of pyridine rings is 1. The average Bonchev–Trinajstić information content (AvgIpc) is 3.26. The number of amides is 2. The molecule has 2 amide bonds. The van der Waals surface area contributed by atoms with Gasteiger partial charge in [-0.05, 0) is 61.0 Å². The van der Waals surface area contributed by atoms with E-state index >= 15 is 0 Å². The molecule has 1 unspecified atom stereocenters. The summed E-state index contributed by atoms with van der Waals surface area (Å²) in [7, 11) is 2.15. The van der Waals surface area contributed by atoms with Crippen LogP contribution in [0.2, 0.25) is 0 Å². The van der Waals surface area contributed by atoms with Crippen LogP contribution in [-0.2, 0) is 22.6 Å². The zero-order chi connectivity index (χ0) is 26.0. The van der Waals surface area contributed by atoms with Crippen LogP contribution in [0.25, 0.3) is 11.1 Å². The Morgan fingerprint density at radius 1 is 1.00 bits per heavy atom. The van der Waals surface area contributed by atoms with E-state index in [1.165, 1.54) is 12.6 Å². The van der Waals surface area contributed by atoms with E-state index in [1.54, 1.807) is 6.20 Å². The molecule has 3 aromatic rings. The summed E-state index contributed by atoms with van der Waals surface area (Å²) in [6.45, 7) is 7.91. The summed E-state index contributed by atoms with van der Waals surface area (Å²) in [5.74, 6) is 0.205. The van der Waals surface area contributed by atoms with Crippen molar-refractivity contribution in [1.29, 1.82) is 0 Å². The number of nitrogens with one attached hydrogen (secondary N) is 2. The number of ether oxygens (including phenoxy) is 1. The molecule has 1 saturated heterocycles. The number of piperazine rings is 1. The summed E-state index contributed by atoms with van der Waals surface area (Å²) < 4.78 is 6.10. The van der Waals surface area contributed by atoms with Gasteiger partial charge >= 0.3 is 0 Å². The number of fused-ring (bicyclic) bond motifs is 1. The molecular weight excluding hydrogens is 466 g/mol. The maximum absolute atomic E-state index is 13.2. The van der Waals surface area contributed by atoms with Gasteiger partial charge in [0, 0.05) is 69.2 Å². The van der Waals surface area contributed by atoms with Crippen LogP contribution in [0, 0.1) is 0 Å². The van der Waals surface area contributed by atoms with Crippen molar-refractivity contribution >= 4 is 23.2 Å². The molecule has 3 heterocycles. The van der Waals surface area contributed by atoms with Gasteiger partial charge < -0.3 is 25.2 Å². The van der Waals surface area contributed by atoms with Crippen LogP contribution in [-0.4, -0.2) is 60.5 Å². The van der Waals surface area contributed by atoms with E-state index in [0.29, 0.717) is 18.8 Å². The Labute approximate surface area is 217 Å². The molecule has 1 atom stereocenters. The number of benzene rings is 2. The average molecular weight is 500 g/mol. The van der Waals surface area contributed by atoms with E-state index in [0.717, 1.165) is 54.1 Å². The molecule has 0 bridgehead atoms. The van der Waals surface area contributed by atoms with E-state index in [2.05, 4.69) is 56.7 Å². The summed E-state index contributed by atoms with van der Waals surface area (Å²) in [5.41, 5.74) is 4.80. The van der Waals surface area contributed by atoms with E-state index in [1.807, 2.05) is 37.3 Å². The van der Waals surface area contributed by atoms with Crippen molar-refractivity contribution in [2.24, 2.45) is 0 Å². The first-order valence-corrected chi connectivity index (χ1v) is 12.7. The number of rotatable bonds is 6. The standard InChI is InChI=1S/C29H33N5O3/c1-20(35)32-23-8-6-22(7-9-23)25-12-13-30-27-26(25)18-29(2,37-27)28(36)31-19-21-4-10-24(11-5-21)34-16-14-33(3)15-17-34/h4-13H,14-19H2,1-3H3,(H,31,36)(H,32,35). The van der Waals surface area contributed by atoms with Gasteiger partial charge in [-0.25, -0.2) is 4.98 Å². The smallest absolute Gasteiger partial charge is 0.264 e. The molecule has 1 fully saturated rings. The largest absolute Gasteiger partial charge is 0.461 e. The van der Waals surface area contributed by atoms with Crippen LogP contribution in [0.5, 0.6) is 5.88 Å². The van der Waals surface area contributed by atoms with Crippen molar-refractivity contribution in [3.8, 4) is 17.0 Å². The first kappa shape index (κ1) is 24.8. The van der Waals surface area contributed by atoms with E-state index in [4.69, 9.17) is 4.74 Å². The lowest BCUT2D eigenvalue weighted by molar-refractivity contribution is -0.134. The number of carbonyl (C=O) groups is 2. The summed E-state index contributed by atoms with van der Waals surface area (Å²) in [5, 5.41) is 5.83. The second kappa shape index (κ2) is 10.2. The third-order valence-corrected chi connectivity index (χ3v) is 7.11. The Morgan fingerprint density at radius 2 is 1.70 bits per heavy atom. The number of likely N-dealkylation sites (N-methyl/N-ethyl adjacent to an activating group) is 1. The molecule has 0 saturated carbocycles. The summed E-state index contributed by atoms with van der Waals surface area (Å²) >= 11 is 0. The fourth-order valence-electron chi connectivity index (χ4n) is 4.91. The van der Waals surface area contributed by atoms with Crippen LogP contribution in [0.1, 0.15) is 25.0 Å². The minimum Gasteiger partial charge on any atom is -0.461 e. The van der Waals surface area contributed by atoms with Crippen molar-refractivity contribution in [2.45, 2.75) is 32.4 Å². The molecule has 37 heavy (non-hydrogen) atoms. The molecule has 0 spiro atoms. The van der Waals surface area contributed by atoms with Gasteiger partial charge in [0.1, 0.15) is 0 Å². The van der Waals surface area contributed by atoms with Crippen molar-refractivity contribution in [2.75, 3.05) is 43.4 Å². The van der Waals surface area contributed by atoms with Gasteiger partial charge in [-0.15, -0.1) is 0 Å². The minimum atomic E-state index is -1.04. The molecule has 2 aliphatic heterocycles. The van der Waals surface area contributed by atoms with Gasteiger partial charge in [0.05, 0.1) is 0 Å². The molecule has 1 aromatic heterocycles. The van der Waals surface area contributed by atoms with Crippen molar-refractivity contribution in [1.82, 2.24) is 15.2 Å². The lowest BCUT2D eigenvalue weighted by Crippen LogP contribution is -2.47. The van der Waals surface area contributed by atoms with E-state index in [-0.39, 0.29) is 11.8 Å². The molecular formula is C29H33N5O3. The lowest BCUT2D eigenvalue weighted by Gasteiger charge is -2.34. The van der Waals surface area contributed by atoms with E-state index in [9.17, 15) is 9.59 Å². The van der Waals surface area contributed by atoms with Gasteiger partial charge in [-0.1, -0.05) is 24.3 Å². The molecule has 2 aromatic carbocycles. The van der Waals surface area contributed by atoms with Crippen LogP contribution in [0.15, 0.2) is 60.8 Å². The molecule has 8 nitrogen and oxygen atoms in total. The number of anilines is 2. The zero-order valence-electron chi connectivity index (χ0n) is 21.6. The van der Waals surface area contributed by atoms with Crippen LogP contribution < -0.4 is 20.3 Å². The highest BCUT2D eigenvalue weighted by Gasteiger charge is 2.43. The number of hydrogen-bond acceptors (Lipinski definition) is 6. The Balaban J connectivity index is 1.23. The Morgan fingerprint density at radius 3 is 2.38 bits per heavy atom. The predicted molar refractivity (Wildman–Crippen MR) is 145 cm³/mol. The summed E-state index contributed by atoms with van der Waals surface area (Å²) in [6, 6.07) is 18.0. The third-order valence-electron chi connectivity index (χ3n) is 7.11. The maximum Gasteiger partial charge on any atom is 0.264 e. The first-order valence-electron chi connectivity index (χ1n) is 12.7. The molecule has 2 aliphatic rings. The third kappa shape index (κ3) is 5.44. The number of nitrogens with zero attached hydrogens (tertiary/aromatic N) is 3. The topological polar surface area (TPSA) is 86.8 Å². The number of hydrogen-bond donors (Lipinski definition) is 2. The Hall–Kier alpha value is -3.91. The van der Waals surface area contributed by atoms with Gasteiger partial charge in [0.15, 0.2) is 5.60 Å². The molecule has 8 heteroatoms. The molecule has 5 rings (SSSR count). The maximum atomic E-state index is 13.2. The van der Waals surface area contributed by atoms with Gasteiger partial charge in [-0.2, -0.15) is 0 Å². The fourth-order valence-corrected chi connectivity index (χ4v) is 4.91. The lowest BCUT2D eigenvalue weighted by atomic mass is 9.93. The second-order valence-electron chi connectivity index (χ2n) is 10.0. The fraction of sp³-hybridized carbons (Fsp3) is 0.345. The first-order chi connectivity index (χ1) is 17.8. The SMILES string of the molecule is CC(=O)Nc1ccc(-c2ccnc3c2CC(C)(C(=O)NCc2ccc(N4CCN(C)CC4)cc2)O3)cc1. The predicted octanol–water partition coefficient (Wildman–Crippen LogP) is 3.47.